The Morgan fingerprint density at radius 2 is 1.40 bits per heavy atom. The fourth-order valence-corrected chi connectivity index (χ4v) is 1.55. The van der Waals surface area contributed by atoms with Gasteiger partial charge in [-0.1, -0.05) is 7.92 Å². The van der Waals surface area contributed by atoms with Crippen LogP contribution in [0.2, 0.25) is 0 Å². The fourth-order valence-electron chi connectivity index (χ4n) is 0.518. The Kier molecular flexibility index (Phi) is 4.01. The first-order valence-corrected chi connectivity index (χ1v) is 5.07. The molecule has 0 aliphatic rings. The summed E-state index contributed by atoms with van der Waals surface area (Å²) in [5.74, 6) is 0. The lowest BCUT2D eigenvalue weighted by Crippen LogP contribution is -2.04. The molecule has 10 heavy (non-hydrogen) atoms. The molecular weight excluding hydrogens is 143 g/mol. The van der Waals surface area contributed by atoms with E-state index in [4.69, 9.17) is 10.5 Å². The molecule has 2 nitrogen and oxygen atoms in total. The monoisotopic (exact) mass is 154 g/mol. The Hall–Kier alpha value is -0.590. The average molecular weight is 154 g/mol. The molecular formula is C7H11N2P. The standard InChI is InChI=1S/C7H11N2P/c1-6(4-8)10(3)7(2)5-9/h6-7H,1-3H3. The maximum atomic E-state index is 8.51. The van der Waals surface area contributed by atoms with Gasteiger partial charge in [-0.3, -0.25) is 0 Å². The number of nitriles is 2. The highest BCUT2D eigenvalue weighted by Crippen LogP contribution is 2.41. The summed E-state index contributed by atoms with van der Waals surface area (Å²) >= 11 is 0. The summed E-state index contributed by atoms with van der Waals surface area (Å²) in [6.07, 6.45) is 0. The third kappa shape index (κ3) is 2.34. The van der Waals surface area contributed by atoms with Gasteiger partial charge in [0.1, 0.15) is 0 Å². The lowest BCUT2D eigenvalue weighted by atomic mass is 10.5. The molecule has 0 aromatic rings. The average Bonchev–Trinajstić information content (AvgIpc) is 2.00. The lowest BCUT2D eigenvalue weighted by Gasteiger charge is -2.15. The van der Waals surface area contributed by atoms with E-state index in [2.05, 4.69) is 12.1 Å². The van der Waals surface area contributed by atoms with E-state index in [1.807, 2.05) is 20.5 Å². The van der Waals surface area contributed by atoms with Gasteiger partial charge in [-0.2, -0.15) is 10.5 Å². The van der Waals surface area contributed by atoms with Crippen molar-refractivity contribution < 1.29 is 0 Å². The van der Waals surface area contributed by atoms with E-state index >= 15 is 0 Å². The van der Waals surface area contributed by atoms with Gasteiger partial charge in [-0.25, -0.2) is 0 Å². The number of hydrogen-bond donors (Lipinski definition) is 0. The van der Waals surface area contributed by atoms with Crippen molar-refractivity contribution >= 4 is 7.92 Å². The molecule has 0 aromatic heterocycles. The van der Waals surface area contributed by atoms with E-state index in [1.165, 1.54) is 0 Å². The summed E-state index contributed by atoms with van der Waals surface area (Å²) in [6.45, 7) is 5.75. The minimum atomic E-state index is -0.425. The second kappa shape index (κ2) is 4.26. The largest absolute Gasteiger partial charge is 0.198 e. The zero-order valence-electron chi connectivity index (χ0n) is 6.50. The topological polar surface area (TPSA) is 47.6 Å². The third-order valence-corrected chi connectivity index (χ3v) is 4.27. The first-order chi connectivity index (χ1) is 4.63. The lowest BCUT2D eigenvalue weighted by molar-refractivity contribution is 1.15. The van der Waals surface area contributed by atoms with Crippen LogP contribution in [-0.4, -0.2) is 18.0 Å². The normalized spacial score (nSPS) is 18.1. The molecule has 0 N–H and O–H groups in total. The maximum Gasteiger partial charge on any atom is 0.0700 e. The zero-order chi connectivity index (χ0) is 8.15. The van der Waals surface area contributed by atoms with Crippen molar-refractivity contribution in [3.63, 3.8) is 0 Å². The van der Waals surface area contributed by atoms with Crippen LogP contribution in [0.1, 0.15) is 13.8 Å². The van der Waals surface area contributed by atoms with E-state index in [0.717, 1.165) is 0 Å². The molecule has 0 rings (SSSR count). The first kappa shape index (κ1) is 9.41. The molecule has 0 radical (unpaired) electrons. The van der Waals surface area contributed by atoms with Gasteiger partial charge in [0.25, 0.3) is 0 Å². The minimum absolute atomic E-state index is 0.0460. The summed E-state index contributed by atoms with van der Waals surface area (Å²) in [5.41, 5.74) is 0.0919. The third-order valence-electron chi connectivity index (χ3n) is 1.60. The molecule has 0 amide bonds. The second-order valence-electron chi connectivity index (χ2n) is 2.28. The van der Waals surface area contributed by atoms with Gasteiger partial charge in [0.2, 0.25) is 0 Å². The summed E-state index contributed by atoms with van der Waals surface area (Å²) in [7, 11) is -0.425. The van der Waals surface area contributed by atoms with Crippen molar-refractivity contribution in [2.24, 2.45) is 0 Å². The molecule has 0 saturated heterocycles. The van der Waals surface area contributed by atoms with Crippen molar-refractivity contribution in [2.45, 2.75) is 25.2 Å². The van der Waals surface area contributed by atoms with E-state index in [-0.39, 0.29) is 11.3 Å². The molecule has 0 spiro atoms. The first-order valence-electron chi connectivity index (χ1n) is 3.14. The highest BCUT2D eigenvalue weighted by Gasteiger charge is 2.16. The van der Waals surface area contributed by atoms with Gasteiger partial charge >= 0.3 is 0 Å². The molecule has 2 atom stereocenters. The molecule has 0 fully saturated rings. The second-order valence-corrected chi connectivity index (χ2v) is 5.16. The number of hydrogen-bond acceptors (Lipinski definition) is 2. The molecule has 0 bridgehead atoms. The van der Waals surface area contributed by atoms with E-state index in [1.54, 1.807) is 0 Å². The maximum absolute atomic E-state index is 8.51. The smallest absolute Gasteiger partial charge is 0.0700 e. The Bertz CT molecular complexity index is 157. The Balaban J connectivity index is 4.00. The molecule has 0 saturated carbocycles. The van der Waals surface area contributed by atoms with Crippen LogP contribution in [0, 0.1) is 22.7 Å². The fraction of sp³-hybridized carbons (Fsp3) is 0.714. The van der Waals surface area contributed by atoms with Crippen LogP contribution in [0.4, 0.5) is 0 Å². The quantitative estimate of drug-likeness (QED) is 0.570. The van der Waals surface area contributed by atoms with E-state index in [0.29, 0.717) is 0 Å². The predicted molar refractivity (Wildman–Crippen MR) is 43.0 cm³/mol. The molecule has 0 heterocycles. The summed E-state index contributed by atoms with van der Waals surface area (Å²) in [6, 6.07) is 4.32. The Morgan fingerprint density at radius 1 is 1.10 bits per heavy atom. The van der Waals surface area contributed by atoms with Crippen LogP contribution in [0.5, 0.6) is 0 Å². The van der Waals surface area contributed by atoms with Crippen molar-refractivity contribution in [3.8, 4) is 12.1 Å². The molecule has 0 aromatic carbocycles. The van der Waals surface area contributed by atoms with Gasteiger partial charge in [0, 0.05) is 0 Å². The molecule has 3 heteroatoms. The van der Waals surface area contributed by atoms with Gasteiger partial charge in [-0.15, -0.1) is 0 Å². The van der Waals surface area contributed by atoms with Crippen molar-refractivity contribution in [3.05, 3.63) is 0 Å². The number of nitrogens with zero attached hydrogens (tertiary/aromatic N) is 2. The van der Waals surface area contributed by atoms with Crippen LogP contribution in [0.15, 0.2) is 0 Å². The highest BCUT2D eigenvalue weighted by molar-refractivity contribution is 7.58. The highest BCUT2D eigenvalue weighted by atomic mass is 31.1. The Labute approximate surface area is 63.2 Å². The minimum Gasteiger partial charge on any atom is -0.198 e. The molecule has 54 valence electrons. The van der Waals surface area contributed by atoms with Crippen LogP contribution in [-0.2, 0) is 0 Å². The van der Waals surface area contributed by atoms with Gasteiger partial charge < -0.3 is 0 Å². The van der Waals surface area contributed by atoms with Crippen LogP contribution < -0.4 is 0 Å². The van der Waals surface area contributed by atoms with Crippen LogP contribution in [0.25, 0.3) is 0 Å². The zero-order valence-corrected chi connectivity index (χ0v) is 7.39. The summed E-state index contributed by atoms with van der Waals surface area (Å²) in [4.78, 5) is 0. The van der Waals surface area contributed by atoms with E-state index < -0.39 is 7.92 Å². The van der Waals surface area contributed by atoms with Gasteiger partial charge in [0.05, 0.1) is 23.5 Å². The SMILES string of the molecule is CC(C#N)P(C)C(C)C#N. The van der Waals surface area contributed by atoms with Gasteiger partial charge in [0.15, 0.2) is 0 Å². The van der Waals surface area contributed by atoms with E-state index in [9.17, 15) is 0 Å². The van der Waals surface area contributed by atoms with Gasteiger partial charge in [-0.05, 0) is 20.5 Å². The van der Waals surface area contributed by atoms with Crippen molar-refractivity contribution in [1.29, 1.82) is 10.5 Å². The van der Waals surface area contributed by atoms with Crippen molar-refractivity contribution in [2.75, 3.05) is 6.66 Å². The Morgan fingerprint density at radius 3 is 1.60 bits per heavy atom. The number of rotatable bonds is 2. The molecule has 0 aliphatic heterocycles. The molecule has 2 unspecified atom stereocenters. The summed E-state index contributed by atoms with van der Waals surface area (Å²) < 4.78 is 0. The van der Waals surface area contributed by atoms with Crippen LogP contribution in [0.3, 0.4) is 0 Å². The van der Waals surface area contributed by atoms with Crippen LogP contribution >= 0.6 is 7.92 Å². The molecule has 0 aliphatic carbocycles. The predicted octanol–water partition coefficient (Wildman–Crippen LogP) is 1.92. The van der Waals surface area contributed by atoms with Crippen molar-refractivity contribution in [1.82, 2.24) is 0 Å². The summed E-state index contributed by atoms with van der Waals surface area (Å²) in [5, 5.41) is 17.0.